The number of fused-ring (bicyclic) bond motifs is 1. The van der Waals surface area contributed by atoms with Crippen molar-refractivity contribution < 1.29 is 9.53 Å². The van der Waals surface area contributed by atoms with E-state index >= 15 is 0 Å². The standard InChI is InChI=1S/C19H25N5O2S/c1-13-20-21-19-24(13)22-16(14-7-9-15(26-2)10-8-14)17(27-19)18(25)23-11-5-3-4-6-12-23/h7-10,16-17,22H,3-6,11-12H2,1-2H3/t16-,17+/m1/s1. The fourth-order valence-corrected chi connectivity index (χ4v) is 4.89. The van der Waals surface area contributed by atoms with E-state index in [0.29, 0.717) is 0 Å². The number of ether oxygens (including phenoxy) is 1. The smallest absolute Gasteiger partial charge is 0.238 e. The number of hydrogen-bond acceptors (Lipinski definition) is 6. The van der Waals surface area contributed by atoms with Gasteiger partial charge in [-0.1, -0.05) is 36.7 Å². The van der Waals surface area contributed by atoms with Crippen LogP contribution in [-0.4, -0.2) is 51.1 Å². The molecule has 0 aliphatic carbocycles. The first kappa shape index (κ1) is 18.2. The first-order valence-corrected chi connectivity index (χ1v) is 10.3. The SMILES string of the molecule is COc1ccc([C@H]2Nn3c(C)nnc3S[C@@H]2C(=O)N2CCCCCC2)cc1. The van der Waals surface area contributed by atoms with E-state index < -0.39 is 0 Å². The fraction of sp³-hybridized carbons (Fsp3) is 0.526. The molecule has 144 valence electrons. The Morgan fingerprint density at radius 3 is 2.52 bits per heavy atom. The van der Waals surface area contributed by atoms with E-state index in [4.69, 9.17) is 4.74 Å². The van der Waals surface area contributed by atoms with Crippen molar-refractivity contribution in [2.45, 2.75) is 49.1 Å². The first-order chi connectivity index (χ1) is 13.2. The van der Waals surface area contributed by atoms with Crippen LogP contribution in [-0.2, 0) is 4.79 Å². The maximum atomic E-state index is 13.4. The van der Waals surface area contributed by atoms with Crippen molar-refractivity contribution in [2.24, 2.45) is 0 Å². The third-order valence-electron chi connectivity index (χ3n) is 5.23. The highest BCUT2D eigenvalue weighted by molar-refractivity contribution is 8.00. The number of aryl methyl sites for hydroxylation is 1. The molecule has 1 saturated heterocycles. The molecule has 0 spiro atoms. The molecule has 3 heterocycles. The van der Waals surface area contributed by atoms with Crippen LogP contribution in [0.15, 0.2) is 29.4 Å². The van der Waals surface area contributed by atoms with Crippen LogP contribution in [0.3, 0.4) is 0 Å². The quantitative estimate of drug-likeness (QED) is 0.873. The van der Waals surface area contributed by atoms with Crippen LogP contribution in [0.1, 0.15) is 43.1 Å². The van der Waals surface area contributed by atoms with E-state index in [1.54, 1.807) is 7.11 Å². The molecule has 27 heavy (non-hydrogen) atoms. The molecular weight excluding hydrogens is 362 g/mol. The molecule has 2 atom stereocenters. The van der Waals surface area contributed by atoms with Crippen LogP contribution in [0.25, 0.3) is 0 Å². The summed E-state index contributed by atoms with van der Waals surface area (Å²) in [6.07, 6.45) is 4.57. The van der Waals surface area contributed by atoms with E-state index in [-0.39, 0.29) is 17.2 Å². The number of carbonyl (C=O) groups excluding carboxylic acids is 1. The molecule has 1 N–H and O–H groups in total. The zero-order chi connectivity index (χ0) is 18.8. The minimum Gasteiger partial charge on any atom is -0.497 e. The molecule has 2 aliphatic rings. The summed E-state index contributed by atoms with van der Waals surface area (Å²) in [5.41, 5.74) is 4.52. The molecular formula is C19H25N5O2S. The minimum atomic E-state index is -0.271. The van der Waals surface area contributed by atoms with Crippen molar-refractivity contribution in [3.05, 3.63) is 35.7 Å². The number of aromatic nitrogens is 3. The van der Waals surface area contributed by atoms with Gasteiger partial charge in [-0.05, 0) is 37.5 Å². The van der Waals surface area contributed by atoms with Gasteiger partial charge in [-0.2, -0.15) is 0 Å². The van der Waals surface area contributed by atoms with E-state index in [1.165, 1.54) is 24.6 Å². The van der Waals surface area contributed by atoms with Crippen molar-refractivity contribution in [1.82, 2.24) is 19.8 Å². The molecule has 2 aromatic rings. The van der Waals surface area contributed by atoms with Gasteiger partial charge in [-0.15, -0.1) is 10.2 Å². The third-order valence-corrected chi connectivity index (χ3v) is 6.44. The van der Waals surface area contributed by atoms with Gasteiger partial charge >= 0.3 is 0 Å². The first-order valence-electron chi connectivity index (χ1n) is 9.45. The fourth-order valence-electron chi connectivity index (χ4n) is 3.68. The molecule has 0 saturated carbocycles. The van der Waals surface area contributed by atoms with E-state index in [1.807, 2.05) is 40.8 Å². The number of methoxy groups -OCH3 is 1. The van der Waals surface area contributed by atoms with Gasteiger partial charge in [-0.3, -0.25) is 4.79 Å². The maximum absolute atomic E-state index is 13.4. The number of nitrogens with one attached hydrogen (secondary N) is 1. The second kappa shape index (κ2) is 7.80. The molecule has 7 nitrogen and oxygen atoms in total. The lowest BCUT2D eigenvalue weighted by Crippen LogP contribution is -2.46. The number of benzene rings is 1. The van der Waals surface area contributed by atoms with Gasteiger partial charge in [0.25, 0.3) is 0 Å². The average Bonchev–Trinajstić information content (AvgIpc) is 2.90. The van der Waals surface area contributed by atoms with Crippen LogP contribution in [0.5, 0.6) is 5.75 Å². The molecule has 1 aromatic heterocycles. The lowest BCUT2D eigenvalue weighted by atomic mass is 10.0. The van der Waals surface area contributed by atoms with E-state index in [9.17, 15) is 4.79 Å². The summed E-state index contributed by atoms with van der Waals surface area (Å²) >= 11 is 1.50. The van der Waals surface area contributed by atoms with Crippen LogP contribution in [0, 0.1) is 6.92 Å². The Labute approximate surface area is 163 Å². The van der Waals surface area contributed by atoms with Gasteiger partial charge in [-0.25, -0.2) is 4.68 Å². The summed E-state index contributed by atoms with van der Waals surface area (Å²) in [5, 5.41) is 8.86. The molecule has 0 bridgehead atoms. The Morgan fingerprint density at radius 1 is 1.15 bits per heavy atom. The number of thioether (sulfide) groups is 1. The Hall–Kier alpha value is -2.22. The van der Waals surface area contributed by atoms with Crippen molar-refractivity contribution in [2.75, 3.05) is 25.6 Å². The lowest BCUT2D eigenvalue weighted by molar-refractivity contribution is -0.131. The maximum Gasteiger partial charge on any atom is 0.238 e. The summed E-state index contributed by atoms with van der Waals surface area (Å²) in [7, 11) is 1.65. The molecule has 4 rings (SSSR count). The molecule has 0 radical (unpaired) electrons. The number of likely N-dealkylation sites (tertiary alicyclic amines) is 1. The van der Waals surface area contributed by atoms with E-state index in [2.05, 4.69) is 15.6 Å². The molecule has 1 fully saturated rings. The molecule has 1 amide bonds. The van der Waals surface area contributed by atoms with Gasteiger partial charge in [0.2, 0.25) is 11.1 Å². The van der Waals surface area contributed by atoms with Gasteiger partial charge in [0.1, 0.15) is 16.8 Å². The van der Waals surface area contributed by atoms with Gasteiger partial charge in [0, 0.05) is 13.1 Å². The van der Waals surface area contributed by atoms with Crippen molar-refractivity contribution >= 4 is 17.7 Å². The summed E-state index contributed by atoms with van der Waals surface area (Å²) in [4.78, 5) is 15.4. The summed E-state index contributed by atoms with van der Waals surface area (Å²) in [5.74, 6) is 1.78. The van der Waals surface area contributed by atoms with Crippen molar-refractivity contribution in [3.8, 4) is 5.75 Å². The largest absolute Gasteiger partial charge is 0.497 e. The molecule has 2 aliphatic heterocycles. The Bertz CT molecular complexity index is 799. The van der Waals surface area contributed by atoms with E-state index in [0.717, 1.165) is 48.2 Å². The summed E-state index contributed by atoms with van der Waals surface area (Å²) in [6, 6.07) is 7.75. The Balaban J connectivity index is 1.65. The minimum absolute atomic E-state index is 0.154. The van der Waals surface area contributed by atoms with Crippen molar-refractivity contribution in [1.29, 1.82) is 0 Å². The van der Waals surface area contributed by atoms with Crippen LogP contribution >= 0.6 is 11.8 Å². The number of carbonyl (C=O) groups is 1. The normalized spacial score (nSPS) is 22.5. The van der Waals surface area contributed by atoms with Gasteiger partial charge in [0.15, 0.2) is 0 Å². The summed E-state index contributed by atoms with van der Waals surface area (Å²) < 4.78 is 7.16. The van der Waals surface area contributed by atoms with Crippen LogP contribution in [0.2, 0.25) is 0 Å². The molecule has 0 unspecified atom stereocenters. The monoisotopic (exact) mass is 387 g/mol. The highest BCUT2D eigenvalue weighted by Gasteiger charge is 2.39. The molecule has 1 aromatic carbocycles. The summed E-state index contributed by atoms with van der Waals surface area (Å²) in [6.45, 7) is 3.60. The lowest BCUT2D eigenvalue weighted by Gasteiger charge is -2.35. The number of amides is 1. The molecule has 8 heteroatoms. The van der Waals surface area contributed by atoms with Crippen molar-refractivity contribution in [3.63, 3.8) is 0 Å². The van der Waals surface area contributed by atoms with Gasteiger partial charge in [0.05, 0.1) is 13.2 Å². The zero-order valence-electron chi connectivity index (χ0n) is 15.7. The predicted octanol–water partition coefficient (Wildman–Crippen LogP) is 2.76. The highest BCUT2D eigenvalue weighted by Crippen LogP contribution is 2.38. The van der Waals surface area contributed by atoms with Crippen LogP contribution in [0.4, 0.5) is 0 Å². The second-order valence-corrected chi connectivity index (χ2v) is 8.13. The number of rotatable bonds is 3. The van der Waals surface area contributed by atoms with Crippen LogP contribution < -0.4 is 10.2 Å². The average molecular weight is 388 g/mol. The second-order valence-electron chi connectivity index (χ2n) is 7.02. The topological polar surface area (TPSA) is 72.3 Å². The third kappa shape index (κ3) is 3.63. The van der Waals surface area contributed by atoms with Gasteiger partial charge < -0.3 is 15.1 Å². The Morgan fingerprint density at radius 2 is 1.85 bits per heavy atom. The predicted molar refractivity (Wildman–Crippen MR) is 105 cm³/mol. The highest BCUT2D eigenvalue weighted by atomic mass is 32.2. The Kier molecular flexibility index (Phi) is 5.24. The number of hydrogen-bond donors (Lipinski definition) is 1. The number of nitrogens with zero attached hydrogens (tertiary/aromatic N) is 4. The zero-order valence-corrected chi connectivity index (χ0v) is 16.5.